The molecule has 3 saturated carbocycles. The number of esters is 1. The monoisotopic (exact) mass is 503 g/mol. The Morgan fingerprint density at radius 2 is 1.78 bits per heavy atom. The molecule has 7 atom stereocenters. The predicted octanol–water partition coefficient (Wildman–Crippen LogP) is 7.05. The average Bonchev–Trinajstić information content (AvgIpc) is 3.51. The lowest BCUT2D eigenvalue weighted by Gasteiger charge is -2.58. The van der Waals surface area contributed by atoms with Crippen LogP contribution in [0.1, 0.15) is 84.1 Å². The van der Waals surface area contributed by atoms with E-state index < -0.39 is 0 Å². The van der Waals surface area contributed by atoms with Gasteiger partial charge < -0.3 is 14.4 Å². The number of benzene rings is 1. The average molecular weight is 504 g/mol. The smallest absolute Gasteiger partial charge is 0.303 e. The van der Waals surface area contributed by atoms with Crippen LogP contribution in [-0.2, 0) is 9.53 Å². The number of carbonyl (C=O) groups is 1. The van der Waals surface area contributed by atoms with Crippen molar-refractivity contribution in [2.75, 3.05) is 20.2 Å². The summed E-state index contributed by atoms with van der Waals surface area (Å²) < 4.78 is 11.5. The lowest BCUT2D eigenvalue weighted by Crippen LogP contribution is -2.52. The number of ether oxygens (including phenoxy) is 2. The van der Waals surface area contributed by atoms with E-state index in [1.165, 1.54) is 63.6 Å². The minimum atomic E-state index is -0.160. The predicted molar refractivity (Wildman–Crippen MR) is 148 cm³/mol. The summed E-state index contributed by atoms with van der Waals surface area (Å²) in [6.45, 7) is 9.21. The van der Waals surface area contributed by atoms with Gasteiger partial charge in [-0.05, 0) is 117 Å². The first-order valence-electron chi connectivity index (χ1n) is 14.8. The minimum Gasteiger partial charge on any atom is -0.497 e. The molecule has 0 bridgehead atoms. The van der Waals surface area contributed by atoms with Gasteiger partial charge in [0.1, 0.15) is 11.9 Å². The van der Waals surface area contributed by atoms with Gasteiger partial charge in [-0.2, -0.15) is 0 Å². The molecule has 4 aliphatic carbocycles. The molecule has 4 heteroatoms. The van der Waals surface area contributed by atoms with Crippen LogP contribution < -0.4 is 4.74 Å². The van der Waals surface area contributed by atoms with E-state index in [1.807, 2.05) is 12.1 Å². The summed E-state index contributed by atoms with van der Waals surface area (Å²) in [5, 5.41) is 0. The van der Waals surface area contributed by atoms with Crippen LogP contribution in [0, 0.1) is 28.6 Å². The fourth-order valence-electron chi connectivity index (χ4n) is 9.33. The molecular weight excluding hydrogens is 458 g/mol. The topological polar surface area (TPSA) is 38.8 Å². The Kier molecular flexibility index (Phi) is 6.54. The highest BCUT2D eigenvalue weighted by Crippen LogP contribution is 2.66. The third-order valence-electron chi connectivity index (χ3n) is 11.3. The number of methoxy groups -OCH3 is 1. The van der Waals surface area contributed by atoms with Crippen molar-refractivity contribution < 1.29 is 14.3 Å². The van der Waals surface area contributed by atoms with Crippen LogP contribution >= 0.6 is 0 Å². The second-order valence-electron chi connectivity index (χ2n) is 13.1. The molecule has 0 spiro atoms. The highest BCUT2D eigenvalue weighted by molar-refractivity contribution is 5.67. The Hall–Kier alpha value is -2.07. The molecule has 4 nitrogen and oxygen atoms in total. The van der Waals surface area contributed by atoms with Gasteiger partial charge >= 0.3 is 5.97 Å². The van der Waals surface area contributed by atoms with Crippen molar-refractivity contribution in [3.8, 4) is 5.75 Å². The Labute approximate surface area is 223 Å². The standard InChI is InChI=1S/C33H45NO3/c1-22(35)37-31-24(19-23-7-10-27(36-4)11-8-23)20-30-28-12-9-25-21-26(34-17-5-6-18-34)13-15-32(25,2)29(28)14-16-33(30,31)3/h7-11,19,26,28-31H,5-6,12-18,20-21H2,1-4H3/b24-19+/t26-,28+,29-,30-,31-,32-,33-/m0/s1. The molecule has 200 valence electrons. The Morgan fingerprint density at radius 3 is 2.49 bits per heavy atom. The lowest BCUT2D eigenvalue weighted by molar-refractivity contribution is -0.154. The van der Waals surface area contributed by atoms with Gasteiger partial charge in [0, 0.05) is 18.4 Å². The first-order valence-corrected chi connectivity index (χ1v) is 14.8. The van der Waals surface area contributed by atoms with Crippen LogP contribution in [0.3, 0.4) is 0 Å². The third kappa shape index (κ3) is 4.28. The summed E-state index contributed by atoms with van der Waals surface area (Å²) in [5.74, 6) is 2.70. The van der Waals surface area contributed by atoms with Gasteiger partial charge in [0.25, 0.3) is 0 Å². The molecule has 1 saturated heterocycles. The van der Waals surface area contributed by atoms with E-state index in [0.717, 1.165) is 36.1 Å². The second-order valence-corrected chi connectivity index (χ2v) is 13.1. The number of fused-ring (bicyclic) bond motifs is 5. The molecular formula is C33H45NO3. The van der Waals surface area contributed by atoms with Gasteiger partial charge in [-0.1, -0.05) is 43.7 Å². The molecule has 1 aromatic rings. The summed E-state index contributed by atoms with van der Waals surface area (Å²) in [4.78, 5) is 15.1. The molecule has 37 heavy (non-hydrogen) atoms. The van der Waals surface area contributed by atoms with Crippen LogP contribution in [0.2, 0.25) is 0 Å². The number of allylic oxidation sites excluding steroid dienone is 1. The normalized spacial score (nSPS) is 40.5. The fourth-order valence-corrected chi connectivity index (χ4v) is 9.33. The lowest BCUT2D eigenvalue weighted by atomic mass is 9.48. The van der Waals surface area contributed by atoms with Gasteiger partial charge in [-0.25, -0.2) is 0 Å². The van der Waals surface area contributed by atoms with Crippen LogP contribution in [0.4, 0.5) is 0 Å². The molecule has 4 fully saturated rings. The number of rotatable bonds is 4. The van der Waals surface area contributed by atoms with Crippen LogP contribution in [-0.4, -0.2) is 43.2 Å². The van der Waals surface area contributed by atoms with Crippen LogP contribution in [0.25, 0.3) is 6.08 Å². The van der Waals surface area contributed by atoms with Gasteiger partial charge in [0.15, 0.2) is 0 Å². The number of hydrogen-bond donors (Lipinski definition) is 0. The van der Waals surface area contributed by atoms with Crippen LogP contribution in [0.5, 0.6) is 5.75 Å². The van der Waals surface area contributed by atoms with Gasteiger partial charge in [0.2, 0.25) is 0 Å². The highest BCUT2D eigenvalue weighted by Gasteiger charge is 2.61. The summed E-state index contributed by atoms with van der Waals surface area (Å²) in [6, 6.07) is 9.02. The van der Waals surface area contributed by atoms with E-state index in [-0.39, 0.29) is 17.5 Å². The van der Waals surface area contributed by atoms with E-state index in [0.29, 0.717) is 17.3 Å². The fraction of sp³-hybridized carbons (Fsp3) is 0.667. The Bertz CT molecular complexity index is 1080. The maximum atomic E-state index is 12.3. The van der Waals surface area contributed by atoms with Crippen molar-refractivity contribution in [1.82, 2.24) is 4.90 Å². The number of carbonyl (C=O) groups excluding carboxylic acids is 1. The van der Waals surface area contributed by atoms with Crippen molar-refractivity contribution in [1.29, 1.82) is 0 Å². The maximum absolute atomic E-state index is 12.3. The van der Waals surface area contributed by atoms with Crippen molar-refractivity contribution in [3.05, 3.63) is 47.1 Å². The molecule has 0 aromatic heterocycles. The number of hydrogen-bond acceptors (Lipinski definition) is 4. The van der Waals surface area contributed by atoms with Crippen molar-refractivity contribution in [3.63, 3.8) is 0 Å². The second kappa shape index (κ2) is 9.59. The number of nitrogens with zero attached hydrogens (tertiary/aromatic N) is 1. The molecule has 0 radical (unpaired) electrons. The zero-order valence-corrected chi connectivity index (χ0v) is 23.3. The van der Waals surface area contributed by atoms with Crippen molar-refractivity contribution in [2.45, 2.75) is 90.7 Å². The first kappa shape index (κ1) is 25.2. The Balaban J connectivity index is 1.29. The van der Waals surface area contributed by atoms with E-state index in [4.69, 9.17) is 9.47 Å². The third-order valence-corrected chi connectivity index (χ3v) is 11.3. The Morgan fingerprint density at radius 1 is 1.03 bits per heavy atom. The van der Waals surface area contributed by atoms with Crippen molar-refractivity contribution >= 4 is 12.0 Å². The highest BCUT2D eigenvalue weighted by atomic mass is 16.5. The zero-order chi connectivity index (χ0) is 25.8. The van der Waals surface area contributed by atoms with E-state index >= 15 is 0 Å². The molecule has 1 heterocycles. The molecule has 0 unspecified atom stereocenters. The zero-order valence-electron chi connectivity index (χ0n) is 23.3. The molecule has 6 rings (SSSR count). The van der Waals surface area contributed by atoms with E-state index in [1.54, 1.807) is 19.6 Å². The summed E-state index contributed by atoms with van der Waals surface area (Å²) in [6.07, 6.45) is 16.2. The first-order chi connectivity index (χ1) is 17.8. The molecule has 0 amide bonds. The molecule has 1 aromatic carbocycles. The van der Waals surface area contributed by atoms with Crippen LogP contribution in [0.15, 0.2) is 41.5 Å². The molecule has 0 N–H and O–H groups in total. The number of likely N-dealkylation sites (tertiary alicyclic amines) is 1. The summed E-state index contributed by atoms with van der Waals surface area (Å²) in [5.41, 5.74) is 4.58. The maximum Gasteiger partial charge on any atom is 0.303 e. The summed E-state index contributed by atoms with van der Waals surface area (Å²) in [7, 11) is 1.70. The van der Waals surface area contributed by atoms with E-state index in [2.05, 4.69) is 43.0 Å². The SMILES string of the molecule is COc1ccc(/C=C2\C[C@H]3[C@@H]4CC=C5C[C@@H](N6CCCC6)CC[C@]5(C)[C@H]4CC[C@]3(C)[C@H]2OC(C)=O)cc1. The van der Waals surface area contributed by atoms with Gasteiger partial charge in [-0.15, -0.1) is 0 Å². The molecule has 1 aliphatic heterocycles. The van der Waals surface area contributed by atoms with Gasteiger partial charge in [-0.3, -0.25) is 4.79 Å². The van der Waals surface area contributed by atoms with Crippen molar-refractivity contribution in [2.24, 2.45) is 28.6 Å². The minimum absolute atomic E-state index is 0.0135. The quantitative estimate of drug-likeness (QED) is 0.326. The van der Waals surface area contributed by atoms with E-state index in [9.17, 15) is 4.79 Å². The van der Waals surface area contributed by atoms with Gasteiger partial charge in [0.05, 0.1) is 7.11 Å². The largest absolute Gasteiger partial charge is 0.497 e. The molecule has 5 aliphatic rings. The summed E-state index contributed by atoms with van der Waals surface area (Å²) >= 11 is 0.